The molecule has 2 N–H and O–H groups in total. The second-order valence-electron chi connectivity index (χ2n) is 3.34. The molecule has 0 radical (unpaired) electrons. The smallest absolute Gasteiger partial charge is 0.228 e. The van der Waals surface area contributed by atoms with E-state index in [2.05, 4.69) is 10.9 Å². The highest BCUT2D eigenvalue weighted by molar-refractivity contribution is 5.80. The highest BCUT2D eigenvalue weighted by atomic mass is 16.2. The molecule has 2 heterocycles. The predicted octanol–water partition coefficient (Wildman–Crippen LogP) is 0.462. The molecule has 4 heteroatoms. The third kappa shape index (κ3) is 1.52. The van der Waals surface area contributed by atoms with Crippen LogP contribution in [0, 0.1) is 0 Å². The number of amides is 1. The van der Waals surface area contributed by atoms with Gasteiger partial charge in [-0.15, -0.1) is 0 Å². The molecular formula is C9H13N3O. The summed E-state index contributed by atoms with van der Waals surface area (Å²) in [5.74, 6) is 1.07. The summed E-state index contributed by atoms with van der Waals surface area (Å²) in [6.07, 6.45) is 5.46. The van der Waals surface area contributed by atoms with Gasteiger partial charge in [0.25, 0.3) is 0 Å². The van der Waals surface area contributed by atoms with Crippen molar-refractivity contribution in [2.45, 2.75) is 19.8 Å². The molecule has 0 bridgehead atoms. The highest BCUT2D eigenvalue weighted by Gasteiger charge is 2.24. The summed E-state index contributed by atoms with van der Waals surface area (Å²) >= 11 is 0. The molecule has 2 aliphatic rings. The van der Waals surface area contributed by atoms with Crippen molar-refractivity contribution in [2.24, 2.45) is 0 Å². The fourth-order valence-corrected chi connectivity index (χ4v) is 1.57. The first-order chi connectivity index (χ1) is 6.27. The molecule has 1 amide bonds. The van der Waals surface area contributed by atoms with Gasteiger partial charge in [0.1, 0.15) is 5.82 Å². The standard InChI is InChI=1S/C9H13N3O/c1-7-5-8(11-10-6-7)12-4-2-3-9(12)13/h5-6,10-11H,2-4H2,1H3. The van der Waals surface area contributed by atoms with Gasteiger partial charge >= 0.3 is 0 Å². The lowest BCUT2D eigenvalue weighted by molar-refractivity contribution is -0.126. The minimum Gasteiger partial charge on any atom is -0.307 e. The van der Waals surface area contributed by atoms with E-state index in [9.17, 15) is 4.79 Å². The van der Waals surface area contributed by atoms with E-state index < -0.39 is 0 Å². The van der Waals surface area contributed by atoms with Crippen LogP contribution in [0.2, 0.25) is 0 Å². The number of likely N-dealkylation sites (tertiary alicyclic amines) is 1. The van der Waals surface area contributed by atoms with E-state index in [0.29, 0.717) is 6.42 Å². The van der Waals surface area contributed by atoms with E-state index in [1.165, 1.54) is 0 Å². The van der Waals surface area contributed by atoms with Crippen LogP contribution in [0.3, 0.4) is 0 Å². The Morgan fingerprint density at radius 1 is 1.54 bits per heavy atom. The van der Waals surface area contributed by atoms with Gasteiger partial charge in [0.05, 0.1) is 0 Å². The zero-order valence-electron chi connectivity index (χ0n) is 7.63. The number of allylic oxidation sites excluding steroid dienone is 2. The van der Waals surface area contributed by atoms with Crippen LogP contribution >= 0.6 is 0 Å². The first-order valence-corrected chi connectivity index (χ1v) is 4.48. The lowest BCUT2D eigenvalue weighted by Crippen LogP contribution is -2.39. The Morgan fingerprint density at radius 2 is 2.38 bits per heavy atom. The molecule has 0 unspecified atom stereocenters. The number of carbonyl (C=O) groups excluding carboxylic acids is 1. The molecule has 2 aliphatic heterocycles. The van der Waals surface area contributed by atoms with Crippen LogP contribution in [0.15, 0.2) is 23.7 Å². The van der Waals surface area contributed by atoms with Crippen LogP contribution in [0.4, 0.5) is 0 Å². The van der Waals surface area contributed by atoms with Crippen LogP contribution in [-0.4, -0.2) is 17.4 Å². The van der Waals surface area contributed by atoms with Gasteiger partial charge in [-0.2, -0.15) is 0 Å². The molecule has 1 saturated heterocycles. The Labute approximate surface area is 77.3 Å². The molecule has 0 spiro atoms. The topological polar surface area (TPSA) is 44.4 Å². The van der Waals surface area contributed by atoms with Crippen molar-refractivity contribution >= 4 is 5.91 Å². The van der Waals surface area contributed by atoms with Crippen LogP contribution in [0.25, 0.3) is 0 Å². The van der Waals surface area contributed by atoms with Gasteiger partial charge in [0.2, 0.25) is 5.91 Å². The monoisotopic (exact) mass is 179 g/mol. The number of hydrogen-bond acceptors (Lipinski definition) is 3. The van der Waals surface area contributed by atoms with Gasteiger partial charge in [0, 0.05) is 19.2 Å². The van der Waals surface area contributed by atoms with E-state index in [1.54, 1.807) is 4.90 Å². The van der Waals surface area contributed by atoms with Crippen molar-refractivity contribution in [3.05, 3.63) is 23.7 Å². The zero-order valence-corrected chi connectivity index (χ0v) is 7.63. The summed E-state index contributed by atoms with van der Waals surface area (Å²) in [7, 11) is 0. The summed E-state index contributed by atoms with van der Waals surface area (Å²) in [5.41, 5.74) is 6.99. The molecule has 0 aromatic heterocycles. The van der Waals surface area contributed by atoms with Crippen molar-refractivity contribution in [1.29, 1.82) is 0 Å². The molecule has 0 aromatic rings. The molecule has 0 atom stereocenters. The van der Waals surface area contributed by atoms with E-state index in [-0.39, 0.29) is 5.91 Å². The maximum absolute atomic E-state index is 11.4. The largest absolute Gasteiger partial charge is 0.307 e. The van der Waals surface area contributed by atoms with Gasteiger partial charge in [0.15, 0.2) is 0 Å². The highest BCUT2D eigenvalue weighted by Crippen LogP contribution is 2.16. The SMILES string of the molecule is CC1=CNNC(N2CCCC2=O)=C1. The Bertz CT molecular complexity index is 293. The fraction of sp³-hybridized carbons (Fsp3) is 0.444. The third-order valence-corrected chi connectivity index (χ3v) is 2.23. The summed E-state index contributed by atoms with van der Waals surface area (Å²) in [6, 6.07) is 0. The van der Waals surface area contributed by atoms with Gasteiger partial charge in [-0.25, -0.2) is 0 Å². The summed E-state index contributed by atoms with van der Waals surface area (Å²) in [5, 5.41) is 0. The van der Waals surface area contributed by atoms with Crippen molar-refractivity contribution in [2.75, 3.05) is 6.54 Å². The molecule has 0 saturated carbocycles. The summed E-state index contributed by atoms with van der Waals surface area (Å²) < 4.78 is 0. The normalized spacial score (nSPS) is 21.9. The average Bonchev–Trinajstić information content (AvgIpc) is 2.51. The lowest BCUT2D eigenvalue weighted by atomic mass is 10.3. The van der Waals surface area contributed by atoms with E-state index >= 15 is 0 Å². The van der Waals surface area contributed by atoms with Gasteiger partial charge in [-0.05, 0) is 25.0 Å². The number of nitrogens with zero attached hydrogens (tertiary/aromatic N) is 1. The molecule has 2 rings (SSSR count). The van der Waals surface area contributed by atoms with Crippen LogP contribution < -0.4 is 10.9 Å². The Morgan fingerprint density at radius 3 is 3.00 bits per heavy atom. The molecule has 70 valence electrons. The Kier molecular flexibility index (Phi) is 1.96. The fourth-order valence-electron chi connectivity index (χ4n) is 1.57. The molecular weight excluding hydrogens is 166 g/mol. The van der Waals surface area contributed by atoms with Crippen molar-refractivity contribution in [1.82, 2.24) is 15.8 Å². The van der Waals surface area contributed by atoms with E-state index in [1.807, 2.05) is 19.2 Å². The van der Waals surface area contributed by atoms with Crippen LogP contribution in [0.1, 0.15) is 19.8 Å². The Hall–Kier alpha value is -1.45. The molecule has 1 fully saturated rings. The molecule has 0 aliphatic carbocycles. The van der Waals surface area contributed by atoms with Crippen molar-refractivity contribution in [3.8, 4) is 0 Å². The van der Waals surface area contributed by atoms with Gasteiger partial charge in [-0.1, -0.05) is 0 Å². The second kappa shape index (κ2) is 3.12. The minimum atomic E-state index is 0.204. The number of nitrogens with one attached hydrogen (secondary N) is 2. The predicted molar refractivity (Wildman–Crippen MR) is 49.1 cm³/mol. The zero-order chi connectivity index (χ0) is 9.26. The first-order valence-electron chi connectivity index (χ1n) is 4.48. The van der Waals surface area contributed by atoms with Crippen molar-refractivity contribution in [3.63, 3.8) is 0 Å². The Balaban J connectivity index is 2.16. The second-order valence-corrected chi connectivity index (χ2v) is 3.34. The van der Waals surface area contributed by atoms with Crippen molar-refractivity contribution < 1.29 is 4.79 Å². The molecule has 13 heavy (non-hydrogen) atoms. The maximum Gasteiger partial charge on any atom is 0.228 e. The minimum absolute atomic E-state index is 0.204. The average molecular weight is 179 g/mol. The van der Waals surface area contributed by atoms with E-state index in [0.717, 1.165) is 24.4 Å². The first kappa shape index (κ1) is 8.16. The van der Waals surface area contributed by atoms with Gasteiger partial charge < -0.3 is 5.43 Å². The lowest BCUT2D eigenvalue weighted by Gasteiger charge is -2.23. The number of rotatable bonds is 1. The summed E-state index contributed by atoms with van der Waals surface area (Å²) in [4.78, 5) is 13.2. The number of carbonyl (C=O) groups is 1. The van der Waals surface area contributed by atoms with Crippen LogP contribution in [-0.2, 0) is 4.79 Å². The summed E-state index contributed by atoms with van der Waals surface area (Å²) in [6.45, 7) is 2.82. The number of hydrazine groups is 1. The quantitative estimate of drug-likeness (QED) is 0.614. The van der Waals surface area contributed by atoms with Crippen LogP contribution in [0.5, 0.6) is 0 Å². The molecule has 0 aromatic carbocycles. The van der Waals surface area contributed by atoms with E-state index in [4.69, 9.17) is 0 Å². The third-order valence-electron chi connectivity index (χ3n) is 2.23. The van der Waals surface area contributed by atoms with Gasteiger partial charge in [-0.3, -0.25) is 15.1 Å². The molecule has 4 nitrogen and oxygen atoms in total. The number of hydrogen-bond donors (Lipinski definition) is 2. The maximum atomic E-state index is 11.4.